The Morgan fingerprint density at radius 2 is 1.89 bits per heavy atom. The van der Waals surface area contributed by atoms with Gasteiger partial charge < -0.3 is 10.2 Å². The summed E-state index contributed by atoms with van der Waals surface area (Å²) in [5.74, 6) is -1.11. The Morgan fingerprint density at radius 1 is 1.19 bits per heavy atom. The van der Waals surface area contributed by atoms with Gasteiger partial charge in [-0.05, 0) is 37.8 Å². The lowest BCUT2D eigenvalue weighted by Crippen LogP contribution is -2.20. The second-order valence-corrected chi connectivity index (χ2v) is 10.3. The molecular formula is C22H23F2N9O2S. The fraction of sp³-hybridized carbons (Fsp3) is 0.273. The van der Waals surface area contributed by atoms with Crippen molar-refractivity contribution >= 4 is 33.3 Å². The summed E-state index contributed by atoms with van der Waals surface area (Å²) >= 11 is 0. The van der Waals surface area contributed by atoms with Crippen molar-refractivity contribution in [2.75, 3.05) is 17.3 Å². The van der Waals surface area contributed by atoms with Crippen molar-refractivity contribution in [3.8, 4) is 11.3 Å². The number of nitrogens with two attached hydrogens (primary N) is 1. The molecule has 3 heterocycles. The zero-order chi connectivity index (χ0) is 25.8. The molecule has 188 valence electrons. The number of benzene rings is 1. The number of aryl methyl sites for hydroxylation is 2. The van der Waals surface area contributed by atoms with E-state index in [0.29, 0.717) is 35.0 Å². The van der Waals surface area contributed by atoms with Gasteiger partial charge in [0.05, 0.1) is 16.8 Å². The minimum atomic E-state index is -4.30. The van der Waals surface area contributed by atoms with Crippen LogP contribution in [0.2, 0.25) is 0 Å². The molecule has 4 N–H and O–H groups in total. The first-order valence-electron chi connectivity index (χ1n) is 11.0. The number of primary sulfonamides is 1. The van der Waals surface area contributed by atoms with Crippen molar-refractivity contribution in [1.82, 2.24) is 29.9 Å². The van der Waals surface area contributed by atoms with Crippen molar-refractivity contribution in [3.63, 3.8) is 0 Å². The van der Waals surface area contributed by atoms with Gasteiger partial charge in [0.1, 0.15) is 11.5 Å². The van der Waals surface area contributed by atoms with Gasteiger partial charge in [0, 0.05) is 43.2 Å². The zero-order valence-corrected chi connectivity index (χ0v) is 20.4. The highest BCUT2D eigenvalue weighted by Gasteiger charge is 2.33. The van der Waals surface area contributed by atoms with Gasteiger partial charge in [0.15, 0.2) is 17.5 Å². The normalized spacial score (nSPS) is 13.7. The van der Waals surface area contributed by atoms with E-state index in [9.17, 15) is 17.2 Å². The summed E-state index contributed by atoms with van der Waals surface area (Å²) in [6.07, 6.45) is 5.34. The summed E-state index contributed by atoms with van der Waals surface area (Å²) in [5.41, 5.74) is 2.44. The van der Waals surface area contributed by atoms with Gasteiger partial charge in [-0.15, -0.1) is 0 Å². The van der Waals surface area contributed by atoms with Gasteiger partial charge in [0.2, 0.25) is 16.0 Å². The minimum Gasteiger partial charge on any atom is -0.323 e. The van der Waals surface area contributed by atoms with Crippen LogP contribution in [0.5, 0.6) is 0 Å². The average Bonchev–Trinajstić information content (AvgIpc) is 3.41. The minimum absolute atomic E-state index is 0.0193. The van der Waals surface area contributed by atoms with Crippen molar-refractivity contribution in [2.45, 2.75) is 30.6 Å². The Bertz CT molecular complexity index is 1560. The molecule has 0 radical (unpaired) electrons. The zero-order valence-electron chi connectivity index (χ0n) is 19.6. The highest BCUT2D eigenvalue weighted by atomic mass is 32.2. The van der Waals surface area contributed by atoms with Gasteiger partial charge in [-0.1, -0.05) is 0 Å². The third-order valence-corrected chi connectivity index (χ3v) is 6.70. The maximum absolute atomic E-state index is 15.0. The molecule has 14 heteroatoms. The van der Waals surface area contributed by atoms with E-state index in [1.807, 2.05) is 6.92 Å². The molecule has 3 aromatic heterocycles. The molecule has 0 unspecified atom stereocenters. The first-order valence-corrected chi connectivity index (χ1v) is 12.5. The number of H-pyrrole nitrogens is 1. The van der Waals surface area contributed by atoms with Crippen LogP contribution in [0.1, 0.15) is 30.0 Å². The lowest BCUT2D eigenvalue weighted by Gasteiger charge is -2.22. The molecule has 1 aromatic carbocycles. The Kier molecular flexibility index (Phi) is 5.71. The third kappa shape index (κ3) is 4.52. The number of rotatable bonds is 7. The topological polar surface area (TPSA) is 148 Å². The van der Waals surface area contributed by atoms with Gasteiger partial charge >= 0.3 is 0 Å². The molecular weight excluding hydrogens is 492 g/mol. The van der Waals surface area contributed by atoms with E-state index in [1.54, 1.807) is 30.2 Å². The van der Waals surface area contributed by atoms with E-state index in [4.69, 9.17) is 5.14 Å². The monoisotopic (exact) mass is 515 g/mol. The Hall–Kier alpha value is -3.91. The molecule has 36 heavy (non-hydrogen) atoms. The number of halogens is 2. The lowest BCUT2D eigenvalue weighted by molar-refractivity contribution is 0.567. The van der Waals surface area contributed by atoms with Crippen LogP contribution in [0.3, 0.4) is 0 Å². The van der Waals surface area contributed by atoms with E-state index in [-0.39, 0.29) is 11.9 Å². The van der Waals surface area contributed by atoms with Crippen LogP contribution in [0, 0.1) is 18.6 Å². The second kappa shape index (κ2) is 8.64. The molecule has 1 aliphatic carbocycles. The summed E-state index contributed by atoms with van der Waals surface area (Å²) < 4.78 is 54.8. The molecule has 1 saturated carbocycles. The van der Waals surface area contributed by atoms with Gasteiger partial charge in [-0.2, -0.15) is 15.2 Å². The highest BCUT2D eigenvalue weighted by molar-refractivity contribution is 7.89. The molecule has 1 fully saturated rings. The average molecular weight is 516 g/mol. The molecule has 0 aliphatic heterocycles. The number of nitrogens with zero attached hydrogens (tertiary/aromatic N) is 6. The molecule has 4 aromatic rings. The number of aromatic nitrogens is 6. The van der Waals surface area contributed by atoms with E-state index in [2.05, 4.69) is 30.6 Å². The van der Waals surface area contributed by atoms with Gasteiger partial charge in [-0.3, -0.25) is 9.78 Å². The fourth-order valence-electron chi connectivity index (χ4n) is 3.96. The van der Waals surface area contributed by atoms with Crippen LogP contribution in [0.25, 0.3) is 11.3 Å². The maximum Gasteiger partial charge on any atom is 0.238 e. The second-order valence-electron chi connectivity index (χ2n) is 8.71. The first kappa shape index (κ1) is 23.8. The quantitative estimate of drug-likeness (QED) is 0.340. The molecule has 0 spiro atoms. The van der Waals surface area contributed by atoms with Crippen molar-refractivity contribution in [1.29, 1.82) is 0 Å². The van der Waals surface area contributed by atoms with E-state index < -0.39 is 32.2 Å². The van der Waals surface area contributed by atoms with Crippen LogP contribution in [-0.4, -0.2) is 45.4 Å². The smallest absolute Gasteiger partial charge is 0.238 e. The molecule has 0 saturated heterocycles. The summed E-state index contributed by atoms with van der Waals surface area (Å²) in [6, 6.07) is 3.13. The summed E-state index contributed by atoms with van der Waals surface area (Å²) in [4.78, 5) is 9.73. The van der Waals surface area contributed by atoms with Crippen LogP contribution >= 0.6 is 0 Å². The van der Waals surface area contributed by atoms with E-state index in [0.717, 1.165) is 29.0 Å². The number of hydrogen-bond acceptors (Lipinski definition) is 8. The van der Waals surface area contributed by atoms with E-state index >= 15 is 0 Å². The molecule has 0 amide bonds. The summed E-state index contributed by atoms with van der Waals surface area (Å²) in [7, 11) is -1.14. The largest absolute Gasteiger partial charge is 0.323 e. The van der Waals surface area contributed by atoms with Gasteiger partial charge in [-0.25, -0.2) is 27.3 Å². The Morgan fingerprint density at radius 3 is 2.42 bits per heavy atom. The van der Waals surface area contributed by atoms with Gasteiger partial charge in [0.25, 0.3) is 0 Å². The standard InChI is InChI=1S/C22H23F2N9O2S/c1-11-6-17(31-30-11)27-21-18(12-4-5-12)19(13-9-26-32(2)10-13)28-22(29-21)33(3)20-15(23)7-14(8-16(20)24)36(25,34)35/h6-10,12H,4-5H2,1-3H3,(H2,25,34,35)(H2,27,28,29,30,31). The SMILES string of the molecule is Cc1cc(Nc2nc(N(C)c3c(F)cc(S(N)(=O)=O)cc3F)nc(-c3cnn(C)c3)c2C2CC2)n[nH]1. The maximum atomic E-state index is 15.0. The molecule has 11 nitrogen and oxygen atoms in total. The van der Waals surface area contributed by atoms with Crippen LogP contribution in [0.15, 0.2) is 35.5 Å². The number of nitrogens with one attached hydrogen (secondary N) is 2. The lowest BCUT2D eigenvalue weighted by atomic mass is 10.1. The van der Waals surface area contributed by atoms with Crippen LogP contribution in [0.4, 0.5) is 32.1 Å². The Balaban J connectivity index is 1.68. The van der Waals surface area contributed by atoms with Crippen molar-refractivity contribution in [3.05, 3.63) is 53.5 Å². The van der Waals surface area contributed by atoms with Crippen molar-refractivity contribution in [2.24, 2.45) is 12.2 Å². The molecule has 5 rings (SSSR count). The third-order valence-electron chi connectivity index (χ3n) is 5.80. The molecule has 0 atom stereocenters. The number of hydrogen-bond donors (Lipinski definition) is 3. The Labute approximate surface area is 205 Å². The highest BCUT2D eigenvalue weighted by Crippen LogP contribution is 2.48. The van der Waals surface area contributed by atoms with Crippen molar-refractivity contribution < 1.29 is 17.2 Å². The number of sulfonamides is 1. The number of aromatic amines is 1. The van der Waals surface area contributed by atoms with E-state index in [1.165, 1.54) is 7.05 Å². The number of anilines is 4. The summed E-state index contributed by atoms with van der Waals surface area (Å²) in [5, 5.41) is 19.6. The van der Waals surface area contributed by atoms with Crippen LogP contribution in [-0.2, 0) is 17.1 Å². The fourth-order valence-corrected chi connectivity index (χ4v) is 4.49. The van der Waals surface area contributed by atoms with Crippen LogP contribution < -0.4 is 15.4 Å². The first-order chi connectivity index (χ1) is 17.0. The molecule has 0 bridgehead atoms. The predicted molar refractivity (Wildman–Crippen MR) is 129 cm³/mol. The predicted octanol–water partition coefficient (Wildman–Crippen LogP) is 3.22. The summed E-state index contributed by atoms with van der Waals surface area (Å²) in [6.45, 7) is 1.86. The molecule has 1 aliphatic rings.